The number of hydrogen-bond donors (Lipinski definition) is 0. The lowest BCUT2D eigenvalue weighted by Gasteiger charge is -2.39. The second-order valence-corrected chi connectivity index (χ2v) is 8.93. The average molecular weight is 356 g/mol. The predicted octanol–water partition coefficient (Wildman–Crippen LogP) is 1.45. The Hall–Kier alpha value is -1.02. The van der Waals surface area contributed by atoms with Crippen LogP contribution in [0.1, 0.15) is 18.9 Å². The Morgan fingerprint density at radius 3 is 2.58 bits per heavy atom. The van der Waals surface area contributed by atoms with Crippen LogP contribution in [0, 0.1) is 5.82 Å². The maximum absolute atomic E-state index is 13.7. The van der Waals surface area contributed by atoms with Crippen LogP contribution in [0.25, 0.3) is 0 Å². The van der Waals surface area contributed by atoms with Crippen molar-refractivity contribution in [2.45, 2.75) is 18.8 Å². The smallest absolute Gasteiger partial charge is 0.213 e. The highest BCUT2D eigenvalue weighted by molar-refractivity contribution is 7.89. The van der Waals surface area contributed by atoms with Crippen molar-refractivity contribution in [3.63, 3.8) is 0 Å². The van der Waals surface area contributed by atoms with Gasteiger partial charge in [-0.05, 0) is 31.0 Å². The van der Waals surface area contributed by atoms with Gasteiger partial charge in [0.25, 0.3) is 0 Å². The molecule has 134 valence electrons. The third kappa shape index (κ3) is 3.64. The molecule has 5 nitrogen and oxygen atoms in total. The maximum atomic E-state index is 13.7. The van der Waals surface area contributed by atoms with E-state index in [1.165, 1.54) is 6.07 Å². The van der Waals surface area contributed by atoms with Crippen LogP contribution in [0.15, 0.2) is 24.3 Å². The summed E-state index contributed by atoms with van der Waals surface area (Å²) < 4.78 is 44.8. The Morgan fingerprint density at radius 2 is 2.00 bits per heavy atom. The van der Waals surface area contributed by atoms with Crippen molar-refractivity contribution in [2.75, 3.05) is 51.7 Å². The molecule has 0 aromatic heterocycles. The summed E-state index contributed by atoms with van der Waals surface area (Å²) in [5.74, 6) is -0.0775. The predicted molar refractivity (Wildman–Crippen MR) is 91.0 cm³/mol. The van der Waals surface area contributed by atoms with Crippen molar-refractivity contribution >= 4 is 10.0 Å². The summed E-state index contributed by atoms with van der Waals surface area (Å²) in [5, 5.41) is 0. The molecule has 2 aliphatic rings. The number of piperazine rings is 1. The molecule has 3 rings (SSSR count). The van der Waals surface area contributed by atoms with Gasteiger partial charge in [-0.15, -0.1) is 0 Å². The largest absolute Gasteiger partial charge is 0.380 e. The van der Waals surface area contributed by atoms with Crippen molar-refractivity contribution in [3.8, 4) is 0 Å². The van der Waals surface area contributed by atoms with E-state index in [0.29, 0.717) is 39.4 Å². The highest BCUT2D eigenvalue weighted by Gasteiger charge is 2.39. The van der Waals surface area contributed by atoms with Gasteiger partial charge in [0.15, 0.2) is 0 Å². The molecule has 7 heteroatoms. The Kier molecular flexibility index (Phi) is 5.24. The number of rotatable bonds is 5. The van der Waals surface area contributed by atoms with Gasteiger partial charge in [0.1, 0.15) is 5.82 Å². The SMILES string of the molecule is CCS(=O)(=O)N1CCN(C[C@@]2(c3cccc(F)c3)CCOC2)CC1. The van der Waals surface area contributed by atoms with Crippen molar-refractivity contribution < 1.29 is 17.5 Å². The second-order valence-electron chi connectivity index (χ2n) is 6.67. The molecule has 2 saturated heterocycles. The van der Waals surface area contributed by atoms with E-state index in [2.05, 4.69) is 4.90 Å². The van der Waals surface area contributed by atoms with Crippen LogP contribution in [0.5, 0.6) is 0 Å². The molecule has 1 aromatic carbocycles. The fourth-order valence-corrected chi connectivity index (χ4v) is 4.73. The van der Waals surface area contributed by atoms with Crippen LogP contribution >= 0.6 is 0 Å². The third-order valence-corrected chi connectivity index (χ3v) is 7.04. The van der Waals surface area contributed by atoms with Gasteiger partial charge in [-0.2, -0.15) is 4.31 Å². The monoisotopic (exact) mass is 356 g/mol. The van der Waals surface area contributed by atoms with E-state index in [1.807, 2.05) is 6.07 Å². The van der Waals surface area contributed by atoms with Crippen molar-refractivity contribution in [3.05, 3.63) is 35.6 Å². The molecule has 0 unspecified atom stereocenters. The van der Waals surface area contributed by atoms with E-state index in [-0.39, 0.29) is 17.0 Å². The Morgan fingerprint density at radius 1 is 1.25 bits per heavy atom. The van der Waals surface area contributed by atoms with E-state index >= 15 is 0 Å². The number of halogens is 1. The molecule has 0 radical (unpaired) electrons. The fourth-order valence-electron chi connectivity index (χ4n) is 3.65. The first-order valence-electron chi connectivity index (χ1n) is 8.49. The number of nitrogens with zero attached hydrogens (tertiary/aromatic N) is 2. The summed E-state index contributed by atoms with van der Waals surface area (Å²) in [6, 6.07) is 6.78. The zero-order chi connectivity index (χ0) is 17.2. The minimum absolute atomic E-state index is 0.147. The summed E-state index contributed by atoms with van der Waals surface area (Å²) in [4.78, 5) is 2.28. The van der Waals surface area contributed by atoms with Crippen LogP contribution in [-0.2, 0) is 20.2 Å². The van der Waals surface area contributed by atoms with E-state index < -0.39 is 10.0 Å². The minimum Gasteiger partial charge on any atom is -0.380 e. The zero-order valence-corrected chi connectivity index (χ0v) is 14.9. The molecule has 1 atom stereocenters. The first-order valence-corrected chi connectivity index (χ1v) is 10.1. The quantitative estimate of drug-likeness (QED) is 0.801. The Labute approximate surface area is 143 Å². The summed E-state index contributed by atoms with van der Waals surface area (Å²) in [5.41, 5.74) is 0.775. The van der Waals surface area contributed by atoms with Gasteiger partial charge in [-0.1, -0.05) is 12.1 Å². The van der Waals surface area contributed by atoms with Crippen molar-refractivity contribution in [2.24, 2.45) is 0 Å². The van der Waals surface area contributed by atoms with Gasteiger partial charge < -0.3 is 4.74 Å². The van der Waals surface area contributed by atoms with E-state index in [4.69, 9.17) is 4.74 Å². The molecule has 0 bridgehead atoms. The molecule has 1 aromatic rings. The first-order chi connectivity index (χ1) is 11.5. The fraction of sp³-hybridized carbons (Fsp3) is 0.647. The van der Waals surface area contributed by atoms with Gasteiger partial charge in [0, 0.05) is 44.7 Å². The molecule has 0 N–H and O–H groups in total. The number of hydrogen-bond acceptors (Lipinski definition) is 4. The second kappa shape index (κ2) is 7.07. The highest BCUT2D eigenvalue weighted by atomic mass is 32.2. The molecular formula is C17H25FN2O3S. The Bertz CT molecular complexity index is 666. The third-order valence-electron chi connectivity index (χ3n) is 5.16. The normalized spacial score (nSPS) is 26.8. The number of sulfonamides is 1. The van der Waals surface area contributed by atoms with E-state index in [0.717, 1.165) is 18.5 Å². The number of benzene rings is 1. The lowest BCUT2D eigenvalue weighted by atomic mass is 9.79. The van der Waals surface area contributed by atoms with Gasteiger partial charge in [-0.25, -0.2) is 12.8 Å². The van der Waals surface area contributed by atoms with Gasteiger partial charge in [0.05, 0.1) is 12.4 Å². The highest BCUT2D eigenvalue weighted by Crippen LogP contribution is 2.34. The van der Waals surface area contributed by atoms with E-state index in [1.54, 1.807) is 23.4 Å². The van der Waals surface area contributed by atoms with Gasteiger partial charge in [-0.3, -0.25) is 4.90 Å². The first kappa shape index (κ1) is 17.8. The van der Waals surface area contributed by atoms with Gasteiger partial charge >= 0.3 is 0 Å². The van der Waals surface area contributed by atoms with Crippen LogP contribution in [0.2, 0.25) is 0 Å². The minimum atomic E-state index is -3.11. The molecule has 2 aliphatic heterocycles. The standard InChI is InChI=1S/C17H25FN2O3S/c1-2-24(21,22)20-9-7-19(8-10-20)13-17(6-11-23-14-17)15-4-3-5-16(18)12-15/h3-5,12H,2,6-11,13-14H2,1H3/t17-/m0/s1. The molecule has 24 heavy (non-hydrogen) atoms. The summed E-state index contributed by atoms with van der Waals surface area (Å²) in [6.07, 6.45) is 0.865. The van der Waals surface area contributed by atoms with Crippen LogP contribution in [0.4, 0.5) is 4.39 Å². The Balaban J connectivity index is 1.70. The zero-order valence-electron chi connectivity index (χ0n) is 14.1. The van der Waals surface area contributed by atoms with Crippen LogP contribution in [0.3, 0.4) is 0 Å². The van der Waals surface area contributed by atoms with E-state index in [9.17, 15) is 12.8 Å². The summed E-state index contributed by atoms with van der Waals surface area (Å²) in [6.45, 7) is 6.18. The van der Waals surface area contributed by atoms with Crippen LogP contribution in [-0.4, -0.2) is 69.3 Å². The van der Waals surface area contributed by atoms with Crippen molar-refractivity contribution in [1.29, 1.82) is 0 Å². The molecular weight excluding hydrogens is 331 g/mol. The van der Waals surface area contributed by atoms with Crippen molar-refractivity contribution in [1.82, 2.24) is 9.21 Å². The molecule has 0 spiro atoms. The molecule has 2 fully saturated rings. The molecule has 0 aliphatic carbocycles. The lowest BCUT2D eigenvalue weighted by molar-refractivity contribution is 0.127. The molecule has 0 saturated carbocycles. The lowest BCUT2D eigenvalue weighted by Crippen LogP contribution is -2.52. The molecule has 2 heterocycles. The average Bonchev–Trinajstić information content (AvgIpc) is 3.05. The van der Waals surface area contributed by atoms with Gasteiger partial charge in [0.2, 0.25) is 10.0 Å². The van der Waals surface area contributed by atoms with Crippen LogP contribution < -0.4 is 0 Å². The maximum Gasteiger partial charge on any atom is 0.213 e. The summed E-state index contributed by atoms with van der Waals surface area (Å²) in [7, 11) is -3.11. The topological polar surface area (TPSA) is 49.9 Å². The molecule has 0 amide bonds. The number of ether oxygens (including phenoxy) is 1. The summed E-state index contributed by atoms with van der Waals surface area (Å²) >= 11 is 0.